The summed E-state index contributed by atoms with van der Waals surface area (Å²) in [6.45, 7) is 2.32. The SMILES string of the molecule is CCN(C(=O)CSC1=NCC(=O)N1c1ccccc1Cl)c1ccc(F)cc1. The second-order valence-corrected chi connectivity index (χ2v) is 7.03. The third kappa shape index (κ3) is 4.31. The zero-order valence-corrected chi connectivity index (χ0v) is 16.1. The van der Waals surface area contributed by atoms with Gasteiger partial charge in [-0.15, -0.1) is 0 Å². The first-order valence-corrected chi connectivity index (χ1v) is 9.68. The second-order valence-electron chi connectivity index (χ2n) is 5.68. The first kappa shape index (κ1) is 19.4. The molecular formula is C19H17ClFN3O2S. The van der Waals surface area contributed by atoms with E-state index in [1.54, 1.807) is 41.3 Å². The molecule has 1 aliphatic heterocycles. The average Bonchev–Trinajstić information content (AvgIpc) is 3.03. The lowest BCUT2D eigenvalue weighted by atomic mass is 10.3. The van der Waals surface area contributed by atoms with Gasteiger partial charge in [-0.25, -0.2) is 4.39 Å². The molecule has 1 aliphatic rings. The van der Waals surface area contributed by atoms with Gasteiger partial charge in [0.15, 0.2) is 5.17 Å². The van der Waals surface area contributed by atoms with E-state index in [9.17, 15) is 14.0 Å². The van der Waals surface area contributed by atoms with E-state index in [-0.39, 0.29) is 29.9 Å². The van der Waals surface area contributed by atoms with Crippen LogP contribution in [0.4, 0.5) is 15.8 Å². The Morgan fingerprint density at radius 1 is 1.26 bits per heavy atom. The summed E-state index contributed by atoms with van der Waals surface area (Å²) in [4.78, 5) is 32.1. The van der Waals surface area contributed by atoms with Crippen LogP contribution in [0.15, 0.2) is 53.5 Å². The van der Waals surface area contributed by atoms with E-state index in [0.29, 0.717) is 28.1 Å². The van der Waals surface area contributed by atoms with Crippen LogP contribution in [0.5, 0.6) is 0 Å². The highest BCUT2D eigenvalue weighted by atomic mass is 35.5. The number of anilines is 2. The smallest absolute Gasteiger partial charge is 0.254 e. The van der Waals surface area contributed by atoms with Crippen molar-refractivity contribution in [2.24, 2.45) is 4.99 Å². The van der Waals surface area contributed by atoms with Crippen molar-refractivity contribution < 1.29 is 14.0 Å². The number of hydrogen-bond acceptors (Lipinski definition) is 4. The molecular weight excluding hydrogens is 389 g/mol. The summed E-state index contributed by atoms with van der Waals surface area (Å²) in [6, 6.07) is 12.8. The molecule has 3 rings (SSSR count). The quantitative estimate of drug-likeness (QED) is 0.756. The van der Waals surface area contributed by atoms with Gasteiger partial charge >= 0.3 is 0 Å². The molecule has 0 aromatic heterocycles. The van der Waals surface area contributed by atoms with Gasteiger partial charge in [-0.2, -0.15) is 0 Å². The van der Waals surface area contributed by atoms with Crippen LogP contribution in [0, 0.1) is 5.82 Å². The van der Waals surface area contributed by atoms with E-state index >= 15 is 0 Å². The third-order valence-electron chi connectivity index (χ3n) is 3.96. The van der Waals surface area contributed by atoms with E-state index in [0.717, 1.165) is 0 Å². The average molecular weight is 406 g/mol. The first-order chi connectivity index (χ1) is 13.0. The molecule has 0 N–H and O–H groups in total. The molecule has 0 aliphatic carbocycles. The molecule has 0 saturated carbocycles. The van der Waals surface area contributed by atoms with Crippen LogP contribution in [-0.2, 0) is 9.59 Å². The highest BCUT2D eigenvalue weighted by Crippen LogP contribution is 2.30. The van der Waals surface area contributed by atoms with Gasteiger partial charge in [0.25, 0.3) is 5.91 Å². The van der Waals surface area contributed by atoms with Crippen molar-refractivity contribution in [1.29, 1.82) is 0 Å². The highest BCUT2D eigenvalue weighted by molar-refractivity contribution is 8.14. The fraction of sp³-hybridized carbons (Fsp3) is 0.211. The Morgan fingerprint density at radius 3 is 2.63 bits per heavy atom. The zero-order valence-electron chi connectivity index (χ0n) is 14.6. The van der Waals surface area contributed by atoms with Crippen molar-refractivity contribution in [3.63, 3.8) is 0 Å². The van der Waals surface area contributed by atoms with Crippen LogP contribution in [-0.4, -0.2) is 35.8 Å². The molecule has 2 aromatic rings. The van der Waals surface area contributed by atoms with Gasteiger partial charge in [-0.3, -0.25) is 19.5 Å². The molecule has 0 fully saturated rings. The lowest BCUT2D eigenvalue weighted by Crippen LogP contribution is -2.35. The Labute approximate surface area is 165 Å². The third-order valence-corrected chi connectivity index (χ3v) is 5.24. The maximum absolute atomic E-state index is 13.1. The lowest BCUT2D eigenvalue weighted by molar-refractivity contribution is -0.116. The summed E-state index contributed by atoms with van der Waals surface area (Å²) in [6.07, 6.45) is 0. The molecule has 0 radical (unpaired) electrons. The molecule has 27 heavy (non-hydrogen) atoms. The van der Waals surface area contributed by atoms with Crippen LogP contribution >= 0.6 is 23.4 Å². The maximum atomic E-state index is 13.1. The summed E-state index contributed by atoms with van der Waals surface area (Å²) >= 11 is 7.38. The lowest BCUT2D eigenvalue weighted by Gasteiger charge is -2.22. The van der Waals surface area contributed by atoms with Gasteiger partial charge in [0.2, 0.25) is 5.91 Å². The number of rotatable bonds is 5. The van der Waals surface area contributed by atoms with E-state index in [4.69, 9.17) is 11.6 Å². The van der Waals surface area contributed by atoms with Crippen LogP contribution in [0.2, 0.25) is 5.02 Å². The van der Waals surface area contributed by atoms with E-state index < -0.39 is 0 Å². The number of amides is 2. The maximum Gasteiger partial charge on any atom is 0.254 e. The number of thioether (sulfide) groups is 1. The van der Waals surface area contributed by atoms with Gasteiger partial charge < -0.3 is 4.90 Å². The van der Waals surface area contributed by atoms with Crippen LogP contribution in [0.1, 0.15) is 6.92 Å². The van der Waals surface area contributed by atoms with Crippen molar-refractivity contribution in [2.75, 3.05) is 28.6 Å². The van der Waals surface area contributed by atoms with Gasteiger partial charge in [-0.1, -0.05) is 35.5 Å². The van der Waals surface area contributed by atoms with E-state index in [1.165, 1.54) is 28.8 Å². The number of hydrogen-bond donors (Lipinski definition) is 0. The largest absolute Gasteiger partial charge is 0.312 e. The van der Waals surface area contributed by atoms with Gasteiger partial charge in [0.1, 0.15) is 12.4 Å². The molecule has 140 valence electrons. The highest BCUT2D eigenvalue weighted by Gasteiger charge is 2.29. The number of halogens is 2. The summed E-state index contributed by atoms with van der Waals surface area (Å²) in [7, 11) is 0. The number of carbonyl (C=O) groups is 2. The van der Waals surface area contributed by atoms with Gasteiger partial charge in [0, 0.05) is 12.2 Å². The minimum absolute atomic E-state index is 0.0250. The predicted octanol–water partition coefficient (Wildman–Crippen LogP) is 3.97. The van der Waals surface area contributed by atoms with E-state index in [2.05, 4.69) is 4.99 Å². The van der Waals surface area contributed by atoms with Crippen molar-refractivity contribution in [1.82, 2.24) is 0 Å². The number of benzene rings is 2. The van der Waals surface area contributed by atoms with Crippen molar-refractivity contribution in [3.05, 3.63) is 59.4 Å². The fourth-order valence-corrected chi connectivity index (χ4v) is 3.81. The van der Waals surface area contributed by atoms with Gasteiger partial charge in [0.05, 0.1) is 16.5 Å². The Balaban J connectivity index is 1.71. The standard InChI is InChI=1S/C19H17ClFN3O2S/c1-2-23(14-9-7-13(21)8-10-14)18(26)12-27-19-22-11-17(25)24(19)16-6-4-3-5-15(16)20/h3-10H,2,11-12H2,1H3. The van der Waals surface area contributed by atoms with Crippen LogP contribution in [0.3, 0.4) is 0 Å². The molecule has 0 saturated heterocycles. The molecule has 0 spiro atoms. The number of para-hydroxylation sites is 1. The summed E-state index contributed by atoms with van der Waals surface area (Å²) < 4.78 is 13.1. The molecule has 0 unspecified atom stereocenters. The van der Waals surface area contributed by atoms with E-state index in [1.807, 2.05) is 6.92 Å². The van der Waals surface area contributed by atoms with Crippen molar-refractivity contribution in [2.45, 2.75) is 6.92 Å². The normalized spacial score (nSPS) is 13.7. The minimum Gasteiger partial charge on any atom is -0.312 e. The Bertz CT molecular complexity index is 889. The van der Waals surface area contributed by atoms with Crippen LogP contribution < -0.4 is 9.80 Å². The number of carbonyl (C=O) groups excluding carboxylic acids is 2. The minimum atomic E-state index is -0.356. The molecule has 2 amide bonds. The molecule has 5 nitrogen and oxygen atoms in total. The van der Waals surface area contributed by atoms with Crippen LogP contribution in [0.25, 0.3) is 0 Å². The summed E-state index contributed by atoms with van der Waals surface area (Å²) in [5.74, 6) is -0.608. The molecule has 0 bridgehead atoms. The summed E-state index contributed by atoms with van der Waals surface area (Å²) in [5, 5.41) is 0.880. The molecule has 0 atom stereocenters. The number of aliphatic imine (C=N–C) groups is 1. The molecule has 8 heteroatoms. The van der Waals surface area contributed by atoms with Crippen molar-refractivity contribution in [3.8, 4) is 0 Å². The molecule has 1 heterocycles. The Hall–Kier alpha value is -2.38. The Morgan fingerprint density at radius 2 is 1.96 bits per heavy atom. The number of nitrogens with zero attached hydrogens (tertiary/aromatic N) is 3. The number of amidine groups is 1. The predicted molar refractivity (Wildman–Crippen MR) is 108 cm³/mol. The Kier molecular flexibility index (Phi) is 6.13. The fourth-order valence-electron chi connectivity index (χ4n) is 2.69. The topological polar surface area (TPSA) is 53.0 Å². The van der Waals surface area contributed by atoms with Crippen molar-refractivity contribution >= 4 is 51.7 Å². The summed E-state index contributed by atoms with van der Waals surface area (Å²) in [5.41, 5.74) is 1.17. The monoisotopic (exact) mass is 405 g/mol. The first-order valence-electron chi connectivity index (χ1n) is 8.32. The zero-order chi connectivity index (χ0) is 19.4. The molecule has 2 aromatic carbocycles. The van der Waals surface area contributed by atoms with Gasteiger partial charge in [-0.05, 0) is 43.3 Å². The second kappa shape index (κ2) is 8.54.